The standard InChI is InChI=1S/C21H24F3N3O3S/c1-13-11-27(12-14(2)30-13)19(28)8-9-31-20-25-17(10-18(26-20)21(22,23)24)15-4-6-16(29-3)7-5-15/h4-7,10,13-14H,8-9,11-12H2,1-3H3/t13-,14-/m0/s1. The first-order valence-corrected chi connectivity index (χ1v) is 10.8. The SMILES string of the molecule is COc1ccc(-c2cc(C(F)(F)F)nc(SCCC(=O)N3C[C@H](C)O[C@@H](C)C3)n2)cc1. The smallest absolute Gasteiger partial charge is 0.433 e. The number of carbonyl (C=O) groups excluding carboxylic acids is 1. The van der Waals surface area contributed by atoms with Crippen molar-refractivity contribution in [2.75, 3.05) is 26.0 Å². The molecule has 10 heteroatoms. The summed E-state index contributed by atoms with van der Waals surface area (Å²) in [5.41, 5.74) is -0.337. The molecular formula is C21H24F3N3O3S. The lowest BCUT2D eigenvalue weighted by Crippen LogP contribution is -2.48. The Labute approximate surface area is 183 Å². The molecule has 0 spiro atoms. The first-order valence-electron chi connectivity index (χ1n) is 9.82. The van der Waals surface area contributed by atoms with E-state index in [1.807, 2.05) is 13.8 Å². The fraction of sp³-hybridized carbons (Fsp3) is 0.476. The van der Waals surface area contributed by atoms with Gasteiger partial charge in [-0.25, -0.2) is 9.97 Å². The lowest BCUT2D eigenvalue weighted by molar-refractivity contribution is -0.143. The number of morpholine rings is 1. The predicted octanol–water partition coefficient (Wildman–Crippen LogP) is 4.29. The second-order valence-corrected chi connectivity index (χ2v) is 8.36. The van der Waals surface area contributed by atoms with E-state index in [1.54, 1.807) is 29.2 Å². The first-order chi connectivity index (χ1) is 14.7. The van der Waals surface area contributed by atoms with Crippen molar-refractivity contribution in [1.29, 1.82) is 0 Å². The third-order valence-corrected chi connectivity index (χ3v) is 5.55. The average Bonchev–Trinajstić information content (AvgIpc) is 2.72. The van der Waals surface area contributed by atoms with Gasteiger partial charge in [-0.15, -0.1) is 0 Å². The molecule has 0 aliphatic carbocycles. The van der Waals surface area contributed by atoms with Gasteiger partial charge in [0, 0.05) is 30.8 Å². The van der Waals surface area contributed by atoms with E-state index in [4.69, 9.17) is 9.47 Å². The lowest BCUT2D eigenvalue weighted by atomic mass is 10.1. The summed E-state index contributed by atoms with van der Waals surface area (Å²) in [5, 5.41) is -0.0165. The van der Waals surface area contributed by atoms with Crippen molar-refractivity contribution in [3.8, 4) is 17.0 Å². The number of benzene rings is 1. The van der Waals surface area contributed by atoms with Crippen LogP contribution in [-0.4, -0.2) is 58.9 Å². The summed E-state index contributed by atoms with van der Waals surface area (Å²) in [4.78, 5) is 22.1. The number of thioether (sulfide) groups is 1. The number of nitrogens with zero attached hydrogens (tertiary/aromatic N) is 3. The summed E-state index contributed by atoms with van der Waals surface area (Å²) in [7, 11) is 1.51. The number of methoxy groups -OCH3 is 1. The van der Waals surface area contributed by atoms with Crippen molar-refractivity contribution in [3.63, 3.8) is 0 Å². The highest BCUT2D eigenvalue weighted by atomic mass is 32.2. The Morgan fingerprint density at radius 2 is 1.84 bits per heavy atom. The van der Waals surface area contributed by atoms with E-state index in [9.17, 15) is 18.0 Å². The molecule has 1 amide bonds. The van der Waals surface area contributed by atoms with Gasteiger partial charge in [0.15, 0.2) is 5.16 Å². The summed E-state index contributed by atoms with van der Waals surface area (Å²) >= 11 is 1.04. The van der Waals surface area contributed by atoms with E-state index >= 15 is 0 Å². The molecule has 0 unspecified atom stereocenters. The molecule has 2 heterocycles. The Morgan fingerprint density at radius 1 is 1.19 bits per heavy atom. The normalized spacial score (nSPS) is 19.4. The molecule has 1 aliphatic rings. The molecule has 2 atom stereocenters. The lowest BCUT2D eigenvalue weighted by Gasteiger charge is -2.35. The monoisotopic (exact) mass is 455 g/mol. The molecular weight excluding hydrogens is 431 g/mol. The highest BCUT2D eigenvalue weighted by molar-refractivity contribution is 7.99. The molecule has 0 bridgehead atoms. The molecule has 0 N–H and O–H groups in total. The van der Waals surface area contributed by atoms with Crippen LogP contribution in [0.4, 0.5) is 13.2 Å². The van der Waals surface area contributed by atoms with Crippen molar-refractivity contribution in [2.45, 2.75) is 43.8 Å². The van der Waals surface area contributed by atoms with Gasteiger partial charge >= 0.3 is 6.18 Å². The van der Waals surface area contributed by atoms with Gasteiger partial charge in [-0.3, -0.25) is 4.79 Å². The summed E-state index contributed by atoms with van der Waals surface area (Å²) in [5.74, 6) is 0.813. The van der Waals surface area contributed by atoms with Gasteiger partial charge in [0.2, 0.25) is 5.91 Å². The maximum atomic E-state index is 13.4. The maximum Gasteiger partial charge on any atom is 0.433 e. The molecule has 1 saturated heterocycles. The number of rotatable bonds is 6. The van der Waals surface area contributed by atoms with Gasteiger partial charge in [-0.05, 0) is 44.2 Å². The molecule has 1 aliphatic heterocycles. The highest BCUT2D eigenvalue weighted by Crippen LogP contribution is 2.32. The van der Waals surface area contributed by atoms with E-state index in [-0.39, 0.29) is 41.1 Å². The second kappa shape index (κ2) is 9.86. The first kappa shape index (κ1) is 23.3. The van der Waals surface area contributed by atoms with Crippen LogP contribution in [0, 0.1) is 0 Å². The number of hydrogen-bond acceptors (Lipinski definition) is 6. The van der Waals surface area contributed by atoms with Crippen molar-refractivity contribution in [3.05, 3.63) is 36.0 Å². The van der Waals surface area contributed by atoms with Gasteiger partial charge in [0.25, 0.3) is 0 Å². The van der Waals surface area contributed by atoms with Crippen LogP contribution in [0.25, 0.3) is 11.3 Å². The number of alkyl halides is 3. The van der Waals surface area contributed by atoms with Crippen LogP contribution in [0.3, 0.4) is 0 Å². The molecule has 31 heavy (non-hydrogen) atoms. The summed E-state index contributed by atoms with van der Waals surface area (Å²) < 4.78 is 50.8. The molecule has 1 aromatic carbocycles. The zero-order valence-corrected chi connectivity index (χ0v) is 18.3. The van der Waals surface area contributed by atoms with Crippen LogP contribution in [0.5, 0.6) is 5.75 Å². The number of aromatic nitrogens is 2. The second-order valence-electron chi connectivity index (χ2n) is 7.30. The Balaban J connectivity index is 1.72. The zero-order chi connectivity index (χ0) is 22.6. The van der Waals surface area contributed by atoms with Crippen LogP contribution in [0.15, 0.2) is 35.5 Å². The van der Waals surface area contributed by atoms with Gasteiger partial charge in [0.05, 0.1) is 25.0 Å². The Hall–Kier alpha value is -2.33. The van der Waals surface area contributed by atoms with E-state index in [2.05, 4.69) is 9.97 Å². The van der Waals surface area contributed by atoms with Crippen LogP contribution in [0.1, 0.15) is 26.0 Å². The molecule has 168 valence electrons. The predicted molar refractivity (Wildman–Crippen MR) is 111 cm³/mol. The number of halogens is 3. The van der Waals surface area contributed by atoms with Crippen molar-refractivity contribution in [2.24, 2.45) is 0 Å². The van der Waals surface area contributed by atoms with Gasteiger partial charge in [-0.1, -0.05) is 11.8 Å². The van der Waals surface area contributed by atoms with Gasteiger partial charge in [0.1, 0.15) is 11.4 Å². The molecule has 0 radical (unpaired) electrons. The van der Waals surface area contributed by atoms with Crippen molar-refractivity contribution in [1.82, 2.24) is 14.9 Å². The van der Waals surface area contributed by atoms with Crippen LogP contribution in [-0.2, 0) is 15.7 Å². The van der Waals surface area contributed by atoms with Gasteiger partial charge < -0.3 is 14.4 Å². The maximum absolute atomic E-state index is 13.4. The molecule has 6 nitrogen and oxygen atoms in total. The quantitative estimate of drug-likeness (QED) is 0.478. The summed E-state index contributed by atoms with van der Waals surface area (Å²) in [6.45, 7) is 4.83. The average molecular weight is 456 g/mol. The number of carbonyl (C=O) groups is 1. The number of amides is 1. The molecule has 2 aromatic rings. The van der Waals surface area contributed by atoms with Crippen molar-refractivity contribution < 1.29 is 27.4 Å². The fourth-order valence-corrected chi connectivity index (χ4v) is 4.10. The minimum absolute atomic E-state index is 0.0165. The van der Waals surface area contributed by atoms with E-state index < -0.39 is 11.9 Å². The molecule has 1 aromatic heterocycles. The fourth-order valence-electron chi connectivity index (χ4n) is 3.31. The zero-order valence-electron chi connectivity index (χ0n) is 17.5. The molecule has 1 fully saturated rings. The number of hydrogen-bond donors (Lipinski definition) is 0. The Bertz CT molecular complexity index is 899. The van der Waals surface area contributed by atoms with Crippen molar-refractivity contribution >= 4 is 17.7 Å². The topological polar surface area (TPSA) is 64.5 Å². The Kier molecular flexibility index (Phi) is 7.42. The Morgan fingerprint density at radius 3 is 2.42 bits per heavy atom. The molecule has 0 saturated carbocycles. The minimum atomic E-state index is -4.60. The molecule has 3 rings (SSSR count). The van der Waals surface area contributed by atoms with E-state index in [1.165, 1.54) is 7.11 Å². The summed E-state index contributed by atoms with van der Waals surface area (Å²) in [6.07, 6.45) is -4.50. The van der Waals surface area contributed by atoms with Crippen LogP contribution < -0.4 is 4.74 Å². The third kappa shape index (κ3) is 6.33. The van der Waals surface area contributed by atoms with E-state index in [0.717, 1.165) is 17.8 Å². The number of ether oxygens (including phenoxy) is 2. The van der Waals surface area contributed by atoms with Crippen LogP contribution in [0.2, 0.25) is 0 Å². The van der Waals surface area contributed by atoms with Gasteiger partial charge in [-0.2, -0.15) is 13.2 Å². The summed E-state index contributed by atoms with van der Waals surface area (Å²) in [6, 6.07) is 7.51. The third-order valence-electron chi connectivity index (χ3n) is 4.70. The largest absolute Gasteiger partial charge is 0.497 e. The highest BCUT2D eigenvalue weighted by Gasteiger charge is 2.34. The van der Waals surface area contributed by atoms with Crippen LogP contribution >= 0.6 is 11.8 Å². The van der Waals surface area contributed by atoms with E-state index in [0.29, 0.717) is 24.4 Å². The minimum Gasteiger partial charge on any atom is -0.497 e.